The Hall–Kier alpha value is -6.58. The molecule has 0 spiro atoms. The van der Waals surface area contributed by atoms with Crippen molar-refractivity contribution in [2.24, 2.45) is 0 Å². The standard InChI is InChI=1S/C47H30N2O/c1-5-17-31(18-6-1)37-29-38-35-25-13-15-27-40(35)47(33-21-9-3-10-22-33,34-23-11-4-12-24-34)41(38)30-39(37)46-48-43(32-19-7-2-8-20-32)45-44(49-46)36-26-14-16-28-42(36)50-45/h1-30H. The minimum atomic E-state index is -0.548. The number of nitrogens with zero attached hydrogens (tertiary/aromatic N) is 2. The van der Waals surface area contributed by atoms with Crippen LogP contribution in [0.15, 0.2) is 186 Å². The normalized spacial score (nSPS) is 13.0. The largest absolute Gasteiger partial charge is 0.452 e. The highest BCUT2D eigenvalue weighted by Gasteiger charge is 2.46. The molecule has 0 unspecified atom stereocenters. The van der Waals surface area contributed by atoms with E-state index in [1.54, 1.807) is 0 Å². The van der Waals surface area contributed by atoms with E-state index in [4.69, 9.17) is 14.4 Å². The third kappa shape index (κ3) is 4.17. The predicted octanol–water partition coefficient (Wildman–Crippen LogP) is 11.7. The van der Waals surface area contributed by atoms with E-state index in [1.165, 1.54) is 33.4 Å². The van der Waals surface area contributed by atoms with Gasteiger partial charge in [0, 0.05) is 16.5 Å². The van der Waals surface area contributed by atoms with Crippen molar-refractivity contribution in [2.45, 2.75) is 5.41 Å². The fourth-order valence-corrected chi connectivity index (χ4v) is 8.03. The Labute approximate surface area is 290 Å². The number of fused-ring (bicyclic) bond motifs is 6. The molecular formula is C47H30N2O. The molecule has 0 amide bonds. The Morgan fingerprint density at radius 2 is 1.00 bits per heavy atom. The molecular weight excluding hydrogens is 609 g/mol. The highest BCUT2D eigenvalue weighted by molar-refractivity contribution is 6.07. The number of hydrogen-bond acceptors (Lipinski definition) is 3. The second-order valence-corrected chi connectivity index (χ2v) is 12.9. The van der Waals surface area contributed by atoms with E-state index in [0.717, 1.165) is 44.4 Å². The maximum atomic E-state index is 6.48. The van der Waals surface area contributed by atoms with Crippen LogP contribution in [0, 0.1) is 0 Å². The zero-order valence-corrected chi connectivity index (χ0v) is 27.1. The van der Waals surface area contributed by atoms with Crippen molar-refractivity contribution in [3.8, 4) is 44.9 Å². The van der Waals surface area contributed by atoms with E-state index in [9.17, 15) is 0 Å². The van der Waals surface area contributed by atoms with Crippen molar-refractivity contribution in [1.29, 1.82) is 0 Å². The minimum Gasteiger partial charge on any atom is -0.452 e. The van der Waals surface area contributed by atoms with Gasteiger partial charge in [-0.25, -0.2) is 9.97 Å². The lowest BCUT2D eigenvalue weighted by Gasteiger charge is -2.34. The van der Waals surface area contributed by atoms with Crippen molar-refractivity contribution in [3.05, 3.63) is 204 Å². The van der Waals surface area contributed by atoms with Gasteiger partial charge in [0.05, 0.1) is 5.41 Å². The molecule has 0 aliphatic heterocycles. The second-order valence-electron chi connectivity index (χ2n) is 12.9. The molecule has 0 atom stereocenters. The van der Waals surface area contributed by atoms with Crippen LogP contribution in [0.2, 0.25) is 0 Å². The summed E-state index contributed by atoms with van der Waals surface area (Å²) in [5, 5.41) is 0.973. The first-order valence-corrected chi connectivity index (χ1v) is 17.0. The lowest BCUT2D eigenvalue weighted by molar-refractivity contribution is 0.667. The van der Waals surface area contributed by atoms with Crippen LogP contribution >= 0.6 is 0 Å². The topological polar surface area (TPSA) is 38.9 Å². The summed E-state index contributed by atoms with van der Waals surface area (Å²) in [4.78, 5) is 10.8. The van der Waals surface area contributed by atoms with Crippen molar-refractivity contribution in [3.63, 3.8) is 0 Å². The molecule has 1 aliphatic rings. The van der Waals surface area contributed by atoms with E-state index < -0.39 is 5.41 Å². The average Bonchev–Trinajstić information content (AvgIpc) is 3.72. The molecule has 0 fully saturated rings. The zero-order chi connectivity index (χ0) is 33.1. The SMILES string of the molecule is c1ccc(-c2cc3c(cc2-c2nc(-c4ccccc4)c4oc5ccccc5c4n2)C(c2ccccc2)(c2ccccc2)c2ccccc2-3)cc1. The number of furan rings is 1. The molecule has 234 valence electrons. The van der Waals surface area contributed by atoms with Crippen molar-refractivity contribution in [1.82, 2.24) is 9.97 Å². The van der Waals surface area contributed by atoms with Crippen LogP contribution in [0.5, 0.6) is 0 Å². The van der Waals surface area contributed by atoms with Gasteiger partial charge in [-0.05, 0) is 68.8 Å². The fraction of sp³-hybridized carbons (Fsp3) is 0.0213. The minimum absolute atomic E-state index is 0.548. The monoisotopic (exact) mass is 638 g/mol. The number of benzene rings is 7. The van der Waals surface area contributed by atoms with Crippen molar-refractivity contribution in [2.75, 3.05) is 0 Å². The van der Waals surface area contributed by atoms with Gasteiger partial charge in [-0.1, -0.05) is 158 Å². The average molecular weight is 639 g/mol. The highest BCUT2D eigenvalue weighted by atomic mass is 16.3. The first-order valence-electron chi connectivity index (χ1n) is 17.0. The molecule has 0 radical (unpaired) electrons. The van der Waals surface area contributed by atoms with E-state index in [0.29, 0.717) is 11.4 Å². The molecule has 2 heterocycles. The highest BCUT2D eigenvalue weighted by Crippen LogP contribution is 2.58. The summed E-state index contributed by atoms with van der Waals surface area (Å²) >= 11 is 0. The first kappa shape index (κ1) is 28.4. The number of aromatic nitrogens is 2. The Morgan fingerprint density at radius 3 is 1.70 bits per heavy atom. The van der Waals surface area contributed by atoms with Gasteiger partial charge in [0.25, 0.3) is 0 Å². The Balaban J connectivity index is 1.36. The molecule has 50 heavy (non-hydrogen) atoms. The summed E-state index contributed by atoms with van der Waals surface area (Å²) in [6.07, 6.45) is 0. The molecule has 10 rings (SSSR count). The van der Waals surface area contributed by atoms with Crippen LogP contribution in [0.4, 0.5) is 0 Å². The summed E-state index contributed by atoms with van der Waals surface area (Å²) in [6, 6.07) is 64.5. The van der Waals surface area contributed by atoms with Gasteiger partial charge >= 0.3 is 0 Å². The van der Waals surface area contributed by atoms with Crippen molar-refractivity contribution >= 4 is 22.1 Å². The smallest absolute Gasteiger partial charge is 0.180 e. The fourth-order valence-electron chi connectivity index (χ4n) is 8.03. The molecule has 9 aromatic rings. The van der Waals surface area contributed by atoms with Crippen molar-refractivity contribution < 1.29 is 4.42 Å². The van der Waals surface area contributed by atoms with E-state index in [-0.39, 0.29) is 0 Å². The molecule has 2 aromatic heterocycles. The predicted molar refractivity (Wildman–Crippen MR) is 203 cm³/mol. The van der Waals surface area contributed by atoms with Crippen LogP contribution < -0.4 is 0 Å². The Bertz CT molecular complexity index is 2640. The molecule has 3 heteroatoms. The van der Waals surface area contributed by atoms with Crippen LogP contribution in [0.3, 0.4) is 0 Å². The first-order chi connectivity index (χ1) is 24.8. The molecule has 3 nitrogen and oxygen atoms in total. The second kappa shape index (κ2) is 11.3. The van der Waals surface area contributed by atoms with Crippen LogP contribution in [0.1, 0.15) is 22.3 Å². The van der Waals surface area contributed by atoms with E-state index in [2.05, 4.69) is 146 Å². The molecule has 0 N–H and O–H groups in total. The van der Waals surface area contributed by atoms with Crippen LogP contribution in [-0.2, 0) is 5.41 Å². The third-order valence-corrected chi connectivity index (χ3v) is 10.2. The van der Waals surface area contributed by atoms with Gasteiger partial charge in [0.2, 0.25) is 0 Å². The zero-order valence-electron chi connectivity index (χ0n) is 27.1. The van der Waals surface area contributed by atoms with Crippen LogP contribution in [0.25, 0.3) is 67.0 Å². The quantitative estimate of drug-likeness (QED) is 0.188. The lowest BCUT2D eigenvalue weighted by atomic mass is 9.67. The molecule has 0 saturated heterocycles. The van der Waals surface area contributed by atoms with Gasteiger partial charge in [-0.2, -0.15) is 0 Å². The van der Waals surface area contributed by atoms with Gasteiger partial charge in [0.15, 0.2) is 11.4 Å². The number of hydrogen-bond donors (Lipinski definition) is 0. The summed E-state index contributed by atoms with van der Waals surface area (Å²) < 4.78 is 6.48. The molecule has 7 aromatic carbocycles. The molecule has 1 aliphatic carbocycles. The third-order valence-electron chi connectivity index (χ3n) is 10.2. The summed E-state index contributed by atoms with van der Waals surface area (Å²) in [7, 11) is 0. The molecule has 0 saturated carbocycles. The van der Waals surface area contributed by atoms with Crippen LogP contribution in [-0.4, -0.2) is 9.97 Å². The Morgan fingerprint density at radius 1 is 0.420 bits per heavy atom. The van der Waals surface area contributed by atoms with Gasteiger partial charge in [0.1, 0.15) is 16.8 Å². The lowest BCUT2D eigenvalue weighted by Crippen LogP contribution is -2.28. The summed E-state index contributed by atoms with van der Waals surface area (Å²) in [6.45, 7) is 0. The number of para-hydroxylation sites is 1. The molecule has 0 bridgehead atoms. The van der Waals surface area contributed by atoms with E-state index in [1.807, 2.05) is 36.4 Å². The van der Waals surface area contributed by atoms with Gasteiger partial charge < -0.3 is 4.42 Å². The summed E-state index contributed by atoms with van der Waals surface area (Å²) in [5.74, 6) is 0.663. The number of rotatable bonds is 5. The van der Waals surface area contributed by atoms with E-state index >= 15 is 0 Å². The summed E-state index contributed by atoms with van der Waals surface area (Å²) in [5.41, 5.74) is 14.1. The maximum absolute atomic E-state index is 6.48. The van der Waals surface area contributed by atoms with Gasteiger partial charge in [-0.15, -0.1) is 0 Å². The van der Waals surface area contributed by atoms with Gasteiger partial charge in [-0.3, -0.25) is 0 Å². The maximum Gasteiger partial charge on any atom is 0.180 e. The Kier molecular flexibility index (Phi) is 6.40.